The molecular formula is C15H12N4O3. The number of hydrogen-bond acceptors (Lipinski definition) is 5. The fourth-order valence-electron chi connectivity index (χ4n) is 3.98. The topological polar surface area (TPSA) is 92.1 Å². The highest BCUT2D eigenvalue weighted by atomic mass is 16.3. The summed E-state index contributed by atoms with van der Waals surface area (Å²) in [5, 5.41) is 6.73. The summed E-state index contributed by atoms with van der Waals surface area (Å²) < 4.78 is 5.24. The smallest absolute Gasteiger partial charge is 0.258 e. The van der Waals surface area contributed by atoms with Crippen molar-refractivity contribution >= 4 is 17.8 Å². The van der Waals surface area contributed by atoms with Crippen LogP contribution in [0.3, 0.4) is 0 Å². The van der Waals surface area contributed by atoms with Crippen LogP contribution < -0.4 is 4.90 Å². The Bertz CT molecular complexity index is 777. The van der Waals surface area contributed by atoms with Crippen molar-refractivity contribution in [1.82, 2.24) is 15.2 Å². The Hall–Kier alpha value is -2.70. The summed E-state index contributed by atoms with van der Waals surface area (Å²) >= 11 is 0. The number of furan rings is 1. The zero-order valence-electron chi connectivity index (χ0n) is 11.5. The second kappa shape index (κ2) is 3.94. The number of allylic oxidation sites excluding steroid dienone is 2. The van der Waals surface area contributed by atoms with Crippen LogP contribution in [-0.4, -0.2) is 27.0 Å². The van der Waals surface area contributed by atoms with Gasteiger partial charge in [-0.1, -0.05) is 12.2 Å². The molecule has 2 aromatic rings. The second-order valence-electron chi connectivity index (χ2n) is 5.97. The summed E-state index contributed by atoms with van der Waals surface area (Å²) in [4.78, 5) is 30.6. The number of aromatic amines is 1. The molecule has 0 radical (unpaired) electrons. The average Bonchev–Trinajstić information content (AvgIpc) is 3.28. The van der Waals surface area contributed by atoms with E-state index in [1.807, 2.05) is 0 Å². The largest absolute Gasteiger partial charge is 0.461 e. The van der Waals surface area contributed by atoms with E-state index in [9.17, 15) is 9.59 Å². The molecule has 0 spiro atoms. The van der Waals surface area contributed by atoms with Gasteiger partial charge in [0.25, 0.3) is 5.95 Å². The number of H-pyrrole nitrogens is 1. The number of hydrogen-bond donors (Lipinski definition) is 1. The van der Waals surface area contributed by atoms with Gasteiger partial charge >= 0.3 is 0 Å². The van der Waals surface area contributed by atoms with Gasteiger partial charge in [-0.2, -0.15) is 4.98 Å². The van der Waals surface area contributed by atoms with Crippen LogP contribution in [0.25, 0.3) is 11.6 Å². The molecule has 7 nitrogen and oxygen atoms in total. The number of anilines is 1. The van der Waals surface area contributed by atoms with E-state index in [4.69, 9.17) is 4.42 Å². The molecule has 0 aromatic carbocycles. The Morgan fingerprint density at radius 3 is 2.55 bits per heavy atom. The van der Waals surface area contributed by atoms with E-state index < -0.39 is 0 Å². The van der Waals surface area contributed by atoms with Crippen molar-refractivity contribution in [1.29, 1.82) is 0 Å². The maximum absolute atomic E-state index is 12.6. The van der Waals surface area contributed by atoms with Crippen LogP contribution in [0.1, 0.15) is 6.42 Å². The van der Waals surface area contributed by atoms with Crippen molar-refractivity contribution in [2.45, 2.75) is 6.42 Å². The first kappa shape index (κ1) is 11.9. The molecule has 2 aliphatic carbocycles. The molecular weight excluding hydrogens is 284 g/mol. The minimum atomic E-state index is -0.243. The third-order valence-corrected chi connectivity index (χ3v) is 4.90. The minimum absolute atomic E-state index is 0.107. The van der Waals surface area contributed by atoms with Crippen LogP contribution in [0.2, 0.25) is 0 Å². The monoisotopic (exact) mass is 296 g/mol. The van der Waals surface area contributed by atoms with Crippen molar-refractivity contribution < 1.29 is 14.0 Å². The maximum Gasteiger partial charge on any atom is 0.258 e. The van der Waals surface area contributed by atoms with Crippen molar-refractivity contribution in [3.63, 3.8) is 0 Å². The number of imide groups is 1. The molecule has 0 unspecified atom stereocenters. The maximum atomic E-state index is 12.6. The zero-order valence-corrected chi connectivity index (χ0v) is 11.5. The van der Waals surface area contributed by atoms with Gasteiger partial charge in [0.1, 0.15) is 0 Å². The molecule has 110 valence electrons. The molecule has 3 heterocycles. The number of fused-ring (bicyclic) bond motifs is 5. The molecule has 3 aliphatic rings. The van der Waals surface area contributed by atoms with Crippen molar-refractivity contribution in [2.75, 3.05) is 4.90 Å². The van der Waals surface area contributed by atoms with E-state index in [-0.39, 0.29) is 41.4 Å². The molecule has 1 N–H and O–H groups in total. The fourth-order valence-corrected chi connectivity index (χ4v) is 3.98. The standard InChI is InChI=1S/C15H12N4O3/c20-13-10-7-3-4-8(6-7)11(10)14(21)19(13)15-16-12(17-18-15)9-2-1-5-22-9/h1-5,7-8,10-11H,6H2,(H,16,17,18)/t7-,8-,10-,11-/m0/s1. The third-order valence-electron chi connectivity index (χ3n) is 4.90. The van der Waals surface area contributed by atoms with Gasteiger partial charge in [0.2, 0.25) is 11.8 Å². The van der Waals surface area contributed by atoms with Gasteiger partial charge in [0, 0.05) is 0 Å². The van der Waals surface area contributed by atoms with E-state index in [0.29, 0.717) is 11.6 Å². The SMILES string of the molecule is O=C1[C@@H]2[C@@H](C(=O)N1c1n[nH]c(-c3ccco3)n1)[C@H]1C=C[C@H]2C1. The first-order valence-electron chi connectivity index (χ1n) is 7.26. The van der Waals surface area contributed by atoms with Gasteiger partial charge in [-0.15, -0.1) is 5.10 Å². The summed E-state index contributed by atoms with van der Waals surface area (Å²) in [7, 11) is 0. The number of rotatable bonds is 2. The van der Waals surface area contributed by atoms with Crippen LogP contribution in [0.15, 0.2) is 35.0 Å². The Kier molecular flexibility index (Phi) is 2.13. The Labute approximate surface area is 125 Å². The van der Waals surface area contributed by atoms with Gasteiger partial charge < -0.3 is 4.42 Å². The highest BCUT2D eigenvalue weighted by molar-refractivity contribution is 6.21. The van der Waals surface area contributed by atoms with E-state index in [0.717, 1.165) is 11.3 Å². The molecule has 1 aliphatic heterocycles. The van der Waals surface area contributed by atoms with Crippen LogP contribution in [-0.2, 0) is 9.59 Å². The Balaban J connectivity index is 1.52. The van der Waals surface area contributed by atoms with Crippen molar-refractivity contribution in [2.24, 2.45) is 23.7 Å². The van der Waals surface area contributed by atoms with Crippen LogP contribution >= 0.6 is 0 Å². The second-order valence-corrected chi connectivity index (χ2v) is 5.97. The number of carbonyl (C=O) groups is 2. The molecule has 2 fully saturated rings. The summed E-state index contributed by atoms with van der Waals surface area (Å²) in [6.07, 6.45) is 6.56. The van der Waals surface area contributed by atoms with Gasteiger partial charge in [-0.05, 0) is 30.4 Å². The summed E-state index contributed by atoms with van der Waals surface area (Å²) in [6, 6.07) is 3.47. The lowest BCUT2D eigenvalue weighted by Gasteiger charge is -2.14. The van der Waals surface area contributed by atoms with Crippen molar-refractivity contribution in [3.05, 3.63) is 30.5 Å². The third kappa shape index (κ3) is 1.35. The lowest BCUT2D eigenvalue weighted by Crippen LogP contribution is -2.33. The number of nitrogens with zero attached hydrogens (tertiary/aromatic N) is 3. The molecule has 2 bridgehead atoms. The molecule has 22 heavy (non-hydrogen) atoms. The van der Waals surface area contributed by atoms with Gasteiger partial charge in [0.15, 0.2) is 11.6 Å². The Morgan fingerprint density at radius 1 is 1.18 bits per heavy atom. The highest BCUT2D eigenvalue weighted by Crippen LogP contribution is 2.52. The summed E-state index contributed by atoms with van der Waals surface area (Å²) in [5.41, 5.74) is 0. The number of carbonyl (C=O) groups excluding carboxylic acids is 2. The highest BCUT2D eigenvalue weighted by Gasteiger charge is 2.60. The number of aromatic nitrogens is 3. The van der Waals surface area contributed by atoms with E-state index >= 15 is 0 Å². The van der Waals surface area contributed by atoms with Gasteiger partial charge in [-0.3, -0.25) is 14.7 Å². The molecule has 1 saturated heterocycles. The number of amides is 2. The normalized spacial score (nSPS) is 32.3. The first-order valence-corrected chi connectivity index (χ1v) is 7.26. The molecule has 5 rings (SSSR count). The predicted molar refractivity (Wildman–Crippen MR) is 74.3 cm³/mol. The summed E-state index contributed by atoms with van der Waals surface area (Å²) in [5.74, 6) is 0.531. The first-order chi connectivity index (χ1) is 10.7. The van der Waals surface area contributed by atoms with Crippen molar-refractivity contribution in [3.8, 4) is 11.6 Å². The van der Waals surface area contributed by atoms with E-state index in [2.05, 4.69) is 27.3 Å². The van der Waals surface area contributed by atoms with Gasteiger partial charge in [-0.25, -0.2) is 4.90 Å². The van der Waals surface area contributed by atoms with E-state index in [1.54, 1.807) is 12.1 Å². The van der Waals surface area contributed by atoms with Crippen LogP contribution in [0, 0.1) is 23.7 Å². The number of nitrogens with one attached hydrogen (secondary N) is 1. The molecule has 7 heteroatoms. The fraction of sp³-hybridized carbons (Fsp3) is 0.333. The average molecular weight is 296 g/mol. The molecule has 1 saturated carbocycles. The van der Waals surface area contributed by atoms with E-state index in [1.165, 1.54) is 6.26 Å². The summed E-state index contributed by atoms with van der Waals surface area (Å²) in [6.45, 7) is 0. The molecule has 2 aromatic heterocycles. The minimum Gasteiger partial charge on any atom is -0.461 e. The van der Waals surface area contributed by atoms with Crippen LogP contribution in [0.4, 0.5) is 5.95 Å². The van der Waals surface area contributed by atoms with Gasteiger partial charge in [0.05, 0.1) is 18.1 Å². The van der Waals surface area contributed by atoms with Crippen LogP contribution in [0.5, 0.6) is 0 Å². The Morgan fingerprint density at radius 2 is 1.91 bits per heavy atom. The predicted octanol–water partition coefficient (Wildman–Crippen LogP) is 1.38. The lowest BCUT2D eigenvalue weighted by molar-refractivity contribution is -0.123. The molecule has 2 amide bonds. The zero-order chi connectivity index (χ0) is 14.8. The lowest BCUT2D eigenvalue weighted by atomic mass is 9.85. The molecule has 4 atom stereocenters. The quantitative estimate of drug-likeness (QED) is 0.667.